The molecule has 0 saturated heterocycles. The van der Waals surface area contributed by atoms with E-state index in [-0.39, 0.29) is 27.1 Å². The van der Waals surface area contributed by atoms with E-state index in [1.54, 1.807) is 0 Å². The van der Waals surface area contributed by atoms with Crippen LogP contribution in [-0.2, 0) is 27.1 Å². The summed E-state index contributed by atoms with van der Waals surface area (Å²) >= 11 is 0. The third-order valence-electron chi connectivity index (χ3n) is 15.0. The van der Waals surface area contributed by atoms with Crippen molar-refractivity contribution < 1.29 is 0 Å². The van der Waals surface area contributed by atoms with Crippen LogP contribution in [0, 0.1) is 70.5 Å². The number of benzene rings is 5. The van der Waals surface area contributed by atoms with Gasteiger partial charge in [-0.15, -0.1) is 0 Å². The quantitative estimate of drug-likeness (QED) is 0.153. The number of fused-ring (bicyclic) bond motifs is 10. The third kappa shape index (κ3) is 11.8. The Morgan fingerprint density at radius 2 is 0.667 bits per heavy atom. The molecule has 5 heteroatoms. The Kier molecular flexibility index (Phi) is 15.5. The molecule has 0 aromatic heterocycles. The zero-order valence-electron chi connectivity index (χ0n) is 48.4. The van der Waals surface area contributed by atoms with E-state index in [1.165, 1.54) is 0 Å². The van der Waals surface area contributed by atoms with Crippen LogP contribution in [0.3, 0.4) is 0 Å². The van der Waals surface area contributed by atoms with Crippen molar-refractivity contribution in [3.8, 4) is 30.3 Å². The van der Waals surface area contributed by atoms with Crippen molar-refractivity contribution in [1.29, 1.82) is 26.3 Å². The van der Waals surface area contributed by atoms with Gasteiger partial charge in [0.1, 0.15) is 18.2 Å². The molecule has 380 valence electrons. The van der Waals surface area contributed by atoms with Crippen molar-refractivity contribution in [3.05, 3.63) is 173 Å². The summed E-state index contributed by atoms with van der Waals surface area (Å²) in [7, 11) is 0. The highest BCUT2D eigenvalue weighted by Crippen LogP contribution is 2.42. The van der Waals surface area contributed by atoms with Gasteiger partial charge in [0.05, 0.1) is 40.0 Å². The van der Waals surface area contributed by atoms with E-state index in [9.17, 15) is 26.3 Å². The van der Waals surface area contributed by atoms with Gasteiger partial charge in [-0.3, -0.25) is 0 Å². The Bertz CT molecular complexity index is 3570. The lowest BCUT2D eigenvalue weighted by Gasteiger charge is -2.25. The van der Waals surface area contributed by atoms with Crippen LogP contribution in [0.25, 0.3) is 56.7 Å². The highest BCUT2D eigenvalue weighted by atomic mass is 14.4. The second-order valence-corrected chi connectivity index (χ2v) is 25.8. The minimum absolute atomic E-state index is 0.313. The molecule has 6 rings (SSSR count). The molecule has 1 aliphatic carbocycles. The van der Waals surface area contributed by atoms with Crippen LogP contribution in [0.1, 0.15) is 219 Å². The van der Waals surface area contributed by atoms with Crippen molar-refractivity contribution >= 4 is 56.7 Å². The fraction of sp³-hybridized carbons (Fsp3) is 0.357. The molecule has 75 heavy (non-hydrogen) atoms. The van der Waals surface area contributed by atoms with E-state index >= 15 is 0 Å². The Balaban J connectivity index is 1.91. The standard InChI is InChI=1S/C70H75N5/c1-41-49-26-54(37-72)61-34-59(70(18,19)20)33-60(44(61)4)45(5)64(39-74)51-21-46(23-55(31-51)66(6,7)8)22-53(36-71)50-24-47(27-56(30-50)67(9,10)11)42(2)63(38-73)52-25-48(28-57(32-52)68(12,13)14)43(3)65(40-75)62(41)35-58(29-49)69(15,16)17/h21-35H,1-20H3/b53-22+,54-26+,63-42+,64-45+,65-43+. The molecule has 0 amide bonds. The molecule has 5 nitrogen and oxygen atoms in total. The average molecular weight is 986 g/mol. The molecule has 10 bridgehead atoms. The number of hydrogen-bond acceptors (Lipinski definition) is 5. The molecule has 0 radical (unpaired) electrons. The molecule has 5 aromatic carbocycles. The van der Waals surface area contributed by atoms with Crippen LogP contribution < -0.4 is 0 Å². The third-order valence-corrected chi connectivity index (χ3v) is 15.0. The predicted octanol–water partition coefficient (Wildman–Crippen LogP) is 18.6. The fourth-order valence-corrected chi connectivity index (χ4v) is 9.73. The molecule has 0 unspecified atom stereocenters. The number of allylic oxidation sites excluding steroid dienone is 8. The first-order chi connectivity index (χ1) is 34.7. The minimum Gasteiger partial charge on any atom is -0.192 e. The molecule has 0 aliphatic heterocycles. The van der Waals surface area contributed by atoms with Crippen molar-refractivity contribution in [1.82, 2.24) is 0 Å². The van der Waals surface area contributed by atoms with Gasteiger partial charge in [0.15, 0.2) is 0 Å². The van der Waals surface area contributed by atoms with E-state index in [2.05, 4.69) is 195 Å². The fourth-order valence-electron chi connectivity index (χ4n) is 9.73. The maximum atomic E-state index is 11.3. The van der Waals surface area contributed by atoms with Crippen LogP contribution in [0.15, 0.2) is 78.9 Å². The van der Waals surface area contributed by atoms with Gasteiger partial charge in [-0.25, -0.2) is 0 Å². The summed E-state index contributed by atoms with van der Waals surface area (Å²) in [6.07, 6.45) is 3.88. The van der Waals surface area contributed by atoms with E-state index in [1.807, 2.05) is 65.0 Å². The Morgan fingerprint density at radius 1 is 0.293 bits per heavy atom. The molecular formula is C70H75N5. The van der Waals surface area contributed by atoms with E-state index in [0.717, 1.165) is 106 Å². The van der Waals surface area contributed by atoms with E-state index in [4.69, 9.17) is 0 Å². The van der Waals surface area contributed by atoms with Crippen LogP contribution in [0.2, 0.25) is 0 Å². The Labute approximate surface area is 450 Å². The van der Waals surface area contributed by atoms with Crippen molar-refractivity contribution in [2.45, 2.75) is 166 Å². The van der Waals surface area contributed by atoms with Gasteiger partial charge < -0.3 is 0 Å². The number of hydrogen-bond donors (Lipinski definition) is 0. The summed E-state index contributed by atoms with van der Waals surface area (Å²) < 4.78 is 0. The first-order valence-corrected chi connectivity index (χ1v) is 26.0. The number of nitrogens with zero attached hydrogens (tertiary/aromatic N) is 5. The smallest absolute Gasteiger partial charge is 0.100 e. The lowest BCUT2D eigenvalue weighted by atomic mass is 9.79. The molecular weight excluding hydrogens is 911 g/mol. The summed E-state index contributed by atoms with van der Waals surface area (Å²) in [5.74, 6) is 0. The van der Waals surface area contributed by atoms with Crippen molar-refractivity contribution in [3.63, 3.8) is 0 Å². The van der Waals surface area contributed by atoms with Crippen LogP contribution in [0.5, 0.6) is 0 Å². The molecule has 0 spiro atoms. The topological polar surface area (TPSA) is 119 Å². The molecule has 0 atom stereocenters. The van der Waals surface area contributed by atoms with Crippen molar-refractivity contribution in [2.75, 3.05) is 0 Å². The molecule has 0 saturated carbocycles. The minimum atomic E-state index is -0.320. The Morgan fingerprint density at radius 3 is 1.15 bits per heavy atom. The van der Waals surface area contributed by atoms with Gasteiger partial charge in [-0.1, -0.05) is 134 Å². The molecule has 5 aromatic rings. The first-order valence-electron chi connectivity index (χ1n) is 26.0. The van der Waals surface area contributed by atoms with Gasteiger partial charge in [0, 0.05) is 0 Å². The molecule has 0 fully saturated rings. The van der Waals surface area contributed by atoms with Gasteiger partial charge >= 0.3 is 0 Å². The summed E-state index contributed by atoms with van der Waals surface area (Å²) in [5, 5.41) is 56.3. The summed E-state index contributed by atoms with van der Waals surface area (Å²) in [6.45, 7) is 42.3. The maximum Gasteiger partial charge on any atom is 0.100 e. The zero-order chi connectivity index (χ0) is 56.1. The second-order valence-electron chi connectivity index (χ2n) is 25.8. The second kappa shape index (κ2) is 20.5. The SMILES string of the molecule is C/C1=C(/C#N)c2cc(cc(C(C)(C)C)c2)/C(C)=C(\C#N)c2cc(C(C)(C)C)cc(c2C)/C=C(\C#N)c2cc(C(C)(C)C)cc(c2C)/C(C)=C(\C#N)c2cc(cc(C(C)(C)C)c2)/C=C(\C#N)c2cc1cc(C(C)(C)C)c2. The van der Waals surface area contributed by atoms with Crippen LogP contribution >= 0.6 is 0 Å². The lowest BCUT2D eigenvalue weighted by Crippen LogP contribution is -2.14. The van der Waals surface area contributed by atoms with Gasteiger partial charge in [0.25, 0.3) is 0 Å². The Hall–Kier alpha value is -7.75. The van der Waals surface area contributed by atoms with Gasteiger partial charge in [-0.2, -0.15) is 26.3 Å². The first kappa shape index (κ1) is 56.5. The van der Waals surface area contributed by atoms with Crippen LogP contribution in [-0.4, -0.2) is 0 Å². The maximum absolute atomic E-state index is 11.3. The normalized spacial score (nSPS) is 18.3. The number of nitriles is 5. The monoisotopic (exact) mass is 986 g/mol. The summed E-state index contributed by atoms with van der Waals surface area (Å²) in [5.41, 5.74) is 17.7. The summed E-state index contributed by atoms with van der Waals surface area (Å²) in [4.78, 5) is 0. The van der Waals surface area contributed by atoms with Gasteiger partial charge in [0.2, 0.25) is 0 Å². The predicted molar refractivity (Wildman–Crippen MR) is 316 cm³/mol. The molecule has 0 heterocycles. The molecule has 1 aliphatic rings. The zero-order valence-corrected chi connectivity index (χ0v) is 48.4. The van der Waals surface area contributed by atoms with E-state index in [0.29, 0.717) is 33.4 Å². The van der Waals surface area contributed by atoms with Gasteiger partial charge in [-0.05, 0) is 234 Å². The number of rotatable bonds is 0. The van der Waals surface area contributed by atoms with Crippen molar-refractivity contribution in [2.24, 2.45) is 0 Å². The van der Waals surface area contributed by atoms with E-state index < -0.39 is 0 Å². The molecule has 0 N–H and O–H groups in total. The average Bonchev–Trinajstić information content (AvgIpc) is 3.32. The highest BCUT2D eigenvalue weighted by Gasteiger charge is 2.27. The largest absolute Gasteiger partial charge is 0.192 e. The van der Waals surface area contributed by atoms with Crippen LogP contribution in [0.4, 0.5) is 0 Å². The summed E-state index contributed by atoms with van der Waals surface area (Å²) in [6, 6.07) is 40.2. The lowest BCUT2D eigenvalue weighted by molar-refractivity contribution is 0.589. The highest BCUT2D eigenvalue weighted by molar-refractivity contribution is 6.04.